The van der Waals surface area contributed by atoms with Crippen LogP contribution in [-0.2, 0) is 4.74 Å². The maximum absolute atomic E-state index is 9.87. The van der Waals surface area contributed by atoms with Gasteiger partial charge < -0.3 is 30.6 Å². The van der Waals surface area contributed by atoms with Gasteiger partial charge in [0.15, 0.2) is 11.7 Å². The molecule has 2 aromatic rings. The largest absolute Gasteiger partial charge is 0.394 e. The van der Waals surface area contributed by atoms with Crippen molar-refractivity contribution in [1.82, 2.24) is 15.0 Å². The van der Waals surface area contributed by atoms with Gasteiger partial charge in [0.05, 0.1) is 12.7 Å². The van der Waals surface area contributed by atoms with Crippen LogP contribution in [0.15, 0.2) is 6.33 Å². The van der Waals surface area contributed by atoms with E-state index in [0.717, 1.165) is 11.3 Å². The second-order valence-electron chi connectivity index (χ2n) is 4.90. The minimum absolute atomic E-state index is 0.212. The summed E-state index contributed by atoms with van der Waals surface area (Å²) < 4.78 is 7.46. The van der Waals surface area contributed by atoms with Crippen LogP contribution in [0.1, 0.15) is 12.6 Å². The fourth-order valence-corrected chi connectivity index (χ4v) is 2.57. The number of fused-ring (bicyclic) bond motifs is 1. The van der Waals surface area contributed by atoms with Crippen molar-refractivity contribution in [3.05, 3.63) is 6.33 Å². The Hall–Kier alpha value is -1.97. The molecule has 3 atom stereocenters. The first-order valence-corrected chi connectivity index (χ1v) is 6.77. The highest BCUT2D eigenvalue weighted by molar-refractivity contribution is 5.82. The molecule has 9 heteroatoms. The highest BCUT2D eigenvalue weighted by Gasteiger charge is 2.38. The minimum atomic E-state index is -0.692. The lowest BCUT2D eigenvalue weighted by molar-refractivity contribution is -0.748. The fourth-order valence-electron chi connectivity index (χ4n) is 2.57. The van der Waals surface area contributed by atoms with E-state index in [2.05, 4.69) is 25.6 Å². The van der Waals surface area contributed by atoms with E-state index in [-0.39, 0.29) is 6.61 Å². The number of hydrogen-bond acceptors (Lipinski definition) is 7. The van der Waals surface area contributed by atoms with Gasteiger partial charge in [0.25, 0.3) is 11.5 Å². The number of hydrogen-bond donors (Lipinski definition) is 5. The first-order chi connectivity index (χ1) is 10.2. The Morgan fingerprint density at radius 2 is 2.29 bits per heavy atom. The zero-order valence-electron chi connectivity index (χ0n) is 11.9. The molecule has 3 heterocycles. The third kappa shape index (κ3) is 2.28. The lowest BCUT2D eigenvalue weighted by Gasteiger charge is -2.13. The molecule has 0 aromatic carbocycles. The average molecular weight is 295 g/mol. The van der Waals surface area contributed by atoms with E-state index in [1.54, 1.807) is 25.0 Å². The van der Waals surface area contributed by atoms with Gasteiger partial charge in [-0.25, -0.2) is 4.57 Å². The monoisotopic (exact) mass is 295 g/mol. The van der Waals surface area contributed by atoms with Gasteiger partial charge in [-0.05, 0) is 0 Å². The zero-order valence-corrected chi connectivity index (χ0v) is 11.9. The Bertz CT molecular complexity index is 645. The number of imidazole rings is 1. The Balaban J connectivity index is 2.02. The van der Waals surface area contributed by atoms with Crippen molar-refractivity contribution in [2.45, 2.75) is 24.9 Å². The van der Waals surface area contributed by atoms with E-state index in [1.165, 1.54) is 0 Å². The number of anilines is 2. The number of nitrogens with one attached hydrogen (secondary N) is 3. The average Bonchev–Trinajstić information content (AvgIpc) is 3.08. The molecule has 0 aliphatic carbocycles. The number of aliphatic hydroxyl groups is 2. The zero-order chi connectivity index (χ0) is 15.0. The number of aromatic nitrogens is 4. The van der Waals surface area contributed by atoms with Crippen LogP contribution in [-0.4, -0.2) is 58.1 Å². The first-order valence-electron chi connectivity index (χ1n) is 6.77. The minimum Gasteiger partial charge on any atom is -0.394 e. The third-order valence-corrected chi connectivity index (χ3v) is 3.65. The molecule has 0 radical (unpaired) electrons. The first kappa shape index (κ1) is 14.0. The Kier molecular flexibility index (Phi) is 3.62. The molecule has 3 rings (SSSR count). The molecular weight excluding hydrogens is 276 g/mol. The maximum atomic E-state index is 9.87. The summed E-state index contributed by atoms with van der Waals surface area (Å²) in [5.41, 5.74) is 1.33. The number of nitrogens with zero attached hydrogens (tertiary/aromatic N) is 3. The molecule has 21 heavy (non-hydrogen) atoms. The Morgan fingerprint density at radius 3 is 2.90 bits per heavy atom. The summed E-state index contributed by atoms with van der Waals surface area (Å²) in [5, 5.41) is 25.1. The Morgan fingerprint density at radius 1 is 1.48 bits per heavy atom. The highest BCUT2D eigenvalue weighted by Crippen LogP contribution is 2.27. The summed E-state index contributed by atoms with van der Waals surface area (Å²) in [5.74, 6) is 1.37. The molecule has 1 fully saturated rings. The molecule has 0 amide bonds. The van der Waals surface area contributed by atoms with Gasteiger partial charge in [0.2, 0.25) is 12.3 Å². The van der Waals surface area contributed by atoms with Crippen LogP contribution in [0.2, 0.25) is 0 Å². The summed E-state index contributed by atoms with van der Waals surface area (Å²) in [6.45, 7) is -0.212. The summed E-state index contributed by atoms with van der Waals surface area (Å²) >= 11 is 0. The van der Waals surface area contributed by atoms with Crippen LogP contribution in [0.5, 0.6) is 0 Å². The fraction of sp³-hybridized carbons (Fsp3) is 0.583. The molecule has 1 saturated heterocycles. The molecule has 2 aromatic heterocycles. The van der Waals surface area contributed by atoms with Crippen LogP contribution in [0, 0.1) is 0 Å². The second-order valence-corrected chi connectivity index (χ2v) is 4.90. The van der Waals surface area contributed by atoms with E-state index in [0.29, 0.717) is 18.0 Å². The van der Waals surface area contributed by atoms with Gasteiger partial charge in [-0.3, -0.25) is 0 Å². The van der Waals surface area contributed by atoms with Crippen molar-refractivity contribution in [1.29, 1.82) is 0 Å². The van der Waals surface area contributed by atoms with Gasteiger partial charge in [-0.2, -0.15) is 4.98 Å². The lowest BCUT2D eigenvalue weighted by atomic mass is 10.2. The third-order valence-electron chi connectivity index (χ3n) is 3.65. The number of H-pyrrole nitrogens is 1. The number of ether oxygens (including phenoxy) is 1. The van der Waals surface area contributed by atoms with E-state index < -0.39 is 18.4 Å². The van der Waals surface area contributed by atoms with Crippen molar-refractivity contribution in [3.63, 3.8) is 0 Å². The van der Waals surface area contributed by atoms with Crippen molar-refractivity contribution < 1.29 is 19.5 Å². The topological polar surface area (TPSA) is 119 Å². The van der Waals surface area contributed by atoms with Crippen LogP contribution >= 0.6 is 0 Å². The van der Waals surface area contributed by atoms with Gasteiger partial charge in [-0.1, -0.05) is 4.98 Å². The van der Waals surface area contributed by atoms with Gasteiger partial charge >= 0.3 is 0 Å². The molecular formula is C12H19N6O3+. The van der Waals surface area contributed by atoms with Gasteiger partial charge in [0, 0.05) is 20.5 Å². The lowest BCUT2D eigenvalue weighted by Crippen LogP contribution is -2.42. The maximum Gasteiger partial charge on any atom is 0.262 e. The SMILES string of the molecule is CNc1nc2nc[n+](C3C[C@H](O)[C@@H](CO)O3)c(NC)c2[nH]1. The van der Waals surface area contributed by atoms with Crippen molar-refractivity contribution in [3.8, 4) is 0 Å². The molecule has 0 saturated carbocycles. The normalized spacial score (nSPS) is 25.4. The van der Waals surface area contributed by atoms with E-state index in [9.17, 15) is 10.2 Å². The van der Waals surface area contributed by atoms with Crippen LogP contribution in [0.4, 0.5) is 11.8 Å². The summed E-state index contributed by atoms with van der Waals surface area (Å²) in [6.07, 6.45) is 0.356. The number of aromatic amines is 1. The molecule has 114 valence electrons. The van der Waals surface area contributed by atoms with Crippen LogP contribution in [0.25, 0.3) is 11.2 Å². The van der Waals surface area contributed by atoms with Crippen molar-refractivity contribution in [2.75, 3.05) is 31.3 Å². The van der Waals surface area contributed by atoms with Crippen molar-refractivity contribution in [2.24, 2.45) is 0 Å². The second kappa shape index (κ2) is 5.43. The van der Waals surface area contributed by atoms with E-state index in [1.807, 2.05) is 0 Å². The van der Waals surface area contributed by atoms with Gasteiger partial charge in [0.1, 0.15) is 6.10 Å². The molecule has 9 nitrogen and oxygen atoms in total. The summed E-state index contributed by atoms with van der Waals surface area (Å²) in [6, 6.07) is 0. The predicted octanol–water partition coefficient (Wildman–Crippen LogP) is -1.03. The standard InChI is InChI=1S/C12H18N6O3/c1-13-11-9-10(17-12(14-2)16-9)15-5-18(11)8-3-6(20)7(4-19)21-8/h5-8,19-20H,3-4H2,1-2H3,(H2,13,14,16,17)/p+1/t6-,7+,8?/m0/s1. The van der Waals surface area contributed by atoms with Crippen LogP contribution in [0.3, 0.4) is 0 Å². The van der Waals surface area contributed by atoms with E-state index >= 15 is 0 Å². The van der Waals surface area contributed by atoms with E-state index in [4.69, 9.17) is 4.74 Å². The van der Waals surface area contributed by atoms with Crippen molar-refractivity contribution >= 4 is 22.9 Å². The summed E-state index contributed by atoms with van der Waals surface area (Å²) in [7, 11) is 3.56. The molecule has 1 unspecified atom stereocenters. The molecule has 1 aliphatic rings. The molecule has 1 aliphatic heterocycles. The number of rotatable bonds is 4. The molecule has 5 N–H and O–H groups in total. The highest BCUT2D eigenvalue weighted by atomic mass is 16.5. The van der Waals surface area contributed by atoms with Crippen LogP contribution < -0.4 is 15.2 Å². The quantitative estimate of drug-likeness (QED) is 0.457. The number of aliphatic hydroxyl groups excluding tert-OH is 2. The van der Waals surface area contributed by atoms with Gasteiger partial charge in [-0.15, -0.1) is 0 Å². The smallest absolute Gasteiger partial charge is 0.262 e. The summed E-state index contributed by atoms with van der Waals surface area (Å²) in [4.78, 5) is 11.7. The Labute approximate surface area is 121 Å². The molecule has 0 bridgehead atoms. The predicted molar refractivity (Wildman–Crippen MR) is 74.8 cm³/mol. The molecule has 0 spiro atoms.